The van der Waals surface area contributed by atoms with Gasteiger partial charge in [-0.1, -0.05) is 0 Å². The fourth-order valence-electron chi connectivity index (χ4n) is 3.43. The molecule has 2 aliphatic rings. The summed E-state index contributed by atoms with van der Waals surface area (Å²) in [5.74, 6) is 1.55. The van der Waals surface area contributed by atoms with Crippen LogP contribution < -0.4 is 21.8 Å². The molecule has 3 heterocycles. The van der Waals surface area contributed by atoms with Gasteiger partial charge in [0, 0.05) is 23.5 Å². The second-order valence-electron chi connectivity index (χ2n) is 7.33. The molecule has 25 heavy (non-hydrogen) atoms. The Morgan fingerprint density at radius 2 is 2.20 bits per heavy atom. The summed E-state index contributed by atoms with van der Waals surface area (Å²) in [6.45, 7) is 6.53. The first-order valence-electron chi connectivity index (χ1n) is 8.50. The Balaban J connectivity index is 1.65. The molecule has 2 aromatic rings. The van der Waals surface area contributed by atoms with E-state index in [2.05, 4.69) is 38.9 Å². The average molecular weight is 341 g/mol. The van der Waals surface area contributed by atoms with Crippen molar-refractivity contribution in [3.63, 3.8) is 0 Å². The third kappa shape index (κ3) is 2.57. The van der Waals surface area contributed by atoms with Crippen molar-refractivity contribution in [3.8, 4) is 0 Å². The number of nitrogens with two attached hydrogens (primary N) is 1. The topological polar surface area (TPSA) is 104 Å². The van der Waals surface area contributed by atoms with E-state index in [0.29, 0.717) is 17.6 Å². The number of carbonyl (C=O) groups is 1. The minimum absolute atomic E-state index is 0.00830. The summed E-state index contributed by atoms with van der Waals surface area (Å²) in [5, 5.41) is 10.3. The standard InChI is InChI=1S/C17H23N7O/c1-10-8-13(22-21-10)20-16(25)23-9-19-15-12(14(23)18)6-7-24(15)17(2,3)11-4-5-11/h6-8,11H,4-5,9,18H2,1-3H3,(H2,20,21,22,25). The maximum absolute atomic E-state index is 12.5. The minimum atomic E-state index is -0.340. The largest absolute Gasteiger partial charge is 0.384 e. The Hall–Kier alpha value is -2.77. The number of fused-ring (bicyclic) bond motifs is 1. The Labute approximate surface area is 145 Å². The predicted molar refractivity (Wildman–Crippen MR) is 93.9 cm³/mol. The van der Waals surface area contributed by atoms with Gasteiger partial charge in [0.25, 0.3) is 0 Å². The van der Waals surface area contributed by atoms with Gasteiger partial charge in [0.2, 0.25) is 0 Å². The number of carbonyl (C=O) groups excluding carboxylic acids is 1. The van der Waals surface area contributed by atoms with E-state index in [1.807, 2.05) is 19.2 Å². The van der Waals surface area contributed by atoms with Gasteiger partial charge < -0.3 is 10.3 Å². The van der Waals surface area contributed by atoms with Gasteiger partial charge in [-0.05, 0) is 45.6 Å². The van der Waals surface area contributed by atoms with E-state index in [1.54, 1.807) is 6.07 Å². The van der Waals surface area contributed by atoms with Gasteiger partial charge in [-0.3, -0.25) is 15.3 Å². The first-order chi connectivity index (χ1) is 11.9. The molecule has 0 bridgehead atoms. The molecule has 8 nitrogen and oxygen atoms in total. The van der Waals surface area contributed by atoms with Crippen LogP contribution in [-0.2, 0) is 5.54 Å². The molecule has 0 spiro atoms. The number of hydrogen-bond donors (Lipinski definition) is 3. The quantitative estimate of drug-likeness (QED) is 0.769. The zero-order chi connectivity index (χ0) is 17.8. The SMILES string of the molecule is Cc1cc(NC(=O)N2CN=c3c(ccn3C(C)(C)C3CC3)=C2N)n[nH]1. The van der Waals surface area contributed by atoms with Crippen LogP contribution in [0.3, 0.4) is 0 Å². The molecule has 1 fully saturated rings. The van der Waals surface area contributed by atoms with Gasteiger partial charge >= 0.3 is 6.03 Å². The molecule has 1 saturated carbocycles. The summed E-state index contributed by atoms with van der Waals surface area (Å²) < 4.78 is 2.19. The number of nitrogens with one attached hydrogen (secondary N) is 2. The molecule has 4 N–H and O–H groups in total. The van der Waals surface area contributed by atoms with Gasteiger partial charge in [-0.2, -0.15) is 5.10 Å². The fraction of sp³-hybridized carbons (Fsp3) is 0.471. The summed E-state index contributed by atoms with van der Waals surface area (Å²) in [6.07, 6.45) is 4.52. The zero-order valence-electron chi connectivity index (χ0n) is 14.7. The summed E-state index contributed by atoms with van der Waals surface area (Å²) >= 11 is 0. The molecule has 4 rings (SSSR count). The molecular weight excluding hydrogens is 318 g/mol. The third-order valence-corrected chi connectivity index (χ3v) is 5.17. The van der Waals surface area contributed by atoms with Crippen LogP contribution in [0.5, 0.6) is 0 Å². The number of aromatic amines is 1. The maximum Gasteiger partial charge on any atom is 0.330 e. The van der Waals surface area contributed by atoms with Crippen LogP contribution in [0, 0.1) is 12.8 Å². The summed E-state index contributed by atoms with van der Waals surface area (Å²) in [6, 6.07) is 3.36. The van der Waals surface area contributed by atoms with Crippen LogP contribution in [0.2, 0.25) is 0 Å². The Bertz CT molecular complexity index is 948. The zero-order valence-corrected chi connectivity index (χ0v) is 14.7. The summed E-state index contributed by atoms with van der Waals surface area (Å²) in [7, 11) is 0. The molecule has 0 unspecified atom stereocenters. The molecule has 0 radical (unpaired) electrons. The molecule has 8 heteroatoms. The number of hydrogen-bond acceptors (Lipinski definition) is 4. The van der Waals surface area contributed by atoms with Crippen molar-refractivity contribution < 1.29 is 4.79 Å². The molecule has 132 valence electrons. The number of amides is 2. The Morgan fingerprint density at radius 3 is 2.84 bits per heavy atom. The van der Waals surface area contributed by atoms with Crippen LogP contribution in [0.25, 0.3) is 5.82 Å². The van der Waals surface area contributed by atoms with Crippen molar-refractivity contribution in [2.75, 3.05) is 12.0 Å². The van der Waals surface area contributed by atoms with Crippen molar-refractivity contribution in [1.82, 2.24) is 19.7 Å². The first-order valence-corrected chi connectivity index (χ1v) is 8.50. The second kappa shape index (κ2) is 5.37. The number of nitrogens with zero attached hydrogens (tertiary/aromatic N) is 4. The van der Waals surface area contributed by atoms with E-state index in [0.717, 1.165) is 16.4 Å². The van der Waals surface area contributed by atoms with Crippen LogP contribution >= 0.6 is 0 Å². The molecule has 2 amide bonds. The summed E-state index contributed by atoms with van der Waals surface area (Å²) in [5.41, 5.74) is 8.02. The van der Waals surface area contributed by atoms with Gasteiger partial charge in [0.1, 0.15) is 18.0 Å². The van der Waals surface area contributed by atoms with E-state index in [9.17, 15) is 4.79 Å². The molecule has 0 saturated heterocycles. The second-order valence-corrected chi connectivity index (χ2v) is 7.33. The van der Waals surface area contributed by atoms with Crippen molar-refractivity contribution in [1.29, 1.82) is 0 Å². The Morgan fingerprint density at radius 1 is 1.44 bits per heavy atom. The number of H-pyrrole nitrogens is 1. The molecule has 1 aliphatic heterocycles. The van der Waals surface area contributed by atoms with E-state index in [-0.39, 0.29) is 18.2 Å². The molecule has 2 aromatic heterocycles. The maximum atomic E-state index is 12.5. The lowest BCUT2D eigenvalue weighted by Crippen LogP contribution is -2.50. The predicted octanol–water partition coefficient (Wildman–Crippen LogP) is 0.814. The number of aryl methyl sites for hydroxylation is 1. The molecular formula is C17H23N7O. The fourth-order valence-corrected chi connectivity index (χ4v) is 3.43. The Kier molecular flexibility index (Phi) is 3.38. The van der Waals surface area contributed by atoms with Crippen LogP contribution in [0.15, 0.2) is 23.3 Å². The van der Waals surface area contributed by atoms with E-state index in [1.165, 1.54) is 17.7 Å². The lowest BCUT2D eigenvalue weighted by molar-refractivity contribution is 0.229. The molecule has 1 aliphatic carbocycles. The lowest BCUT2D eigenvalue weighted by Gasteiger charge is -2.28. The van der Waals surface area contributed by atoms with Crippen LogP contribution in [0.4, 0.5) is 10.6 Å². The number of rotatable bonds is 3. The van der Waals surface area contributed by atoms with Crippen molar-refractivity contribution >= 4 is 17.7 Å². The van der Waals surface area contributed by atoms with Gasteiger partial charge in [-0.25, -0.2) is 9.79 Å². The van der Waals surface area contributed by atoms with E-state index in [4.69, 9.17) is 5.73 Å². The highest BCUT2D eigenvalue weighted by atomic mass is 16.2. The first kappa shape index (κ1) is 15.7. The van der Waals surface area contributed by atoms with Crippen molar-refractivity contribution in [2.45, 2.75) is 39.2 Å². The molecule has 0 atom stereocenters. The number of urea groups is 1. The van der Waals surface area contributed by atoms with Gasteiger partial charge in [-0.15, -0.1) is 0 Å². The van der Waals surface area contributed by atoms with E-state index < -0.39 is 0 Å². The summed E-state index contributed by atoms with van der Waals surface area (Å²) in [4.78, 5) is 18.6. The van der Waals surface area contributed by atoms with Gasteiger partial charge in [0.05, 0.1) is 5.22 Å². The smallest absolute Gasteiger partial charge is 0.330 e. The highest BCUT2D eigenvalue weighted by Crippen LogP contribution is 2.43. The van der Waals surface area contributed by atoms with Crippen molar-refractivity contribution in [2.24, 2.45) is 16.6 Å². The number of aromatic nitrogens is 3. The third-order valence-electron chi connectivity index (χ3n) is 5.17. The highest BCUT2D eigenvalue weighted by Gasteiger charge is 2.39. The monoisotopic (exact) mass is 341 g/mol. The number of anilines is 1. The molecule has 0 aromatic carbocycles. The van der Waals surface area contributed by atoms with Crippen LogP contribution in [-0.4, -0.2) is 32.4 Å². The van der Waals surface area contributed by atoms with Crippen LogP contribution in [0.1, 0.15) is 32.4 Å². The van der Waals surface area contributed by atoms with Gasteiger partial charge in [0.15, 0.2) is 5.82 Å². The highest BCUT2D eigenvalue weighted by molar-refractivity contribution is 5.92. The minimum Gasteiger partial charge on any atom is -0.384 e. The van der Waals surface area contributed by atoms with E-state index >= 15 is 0 Å². The average Bonchev–Trinajstić information content (AvgIpc) is 3.21. The van der Waals surface area contributed by atoms with Crippen molar-refractivity contribution in [3.05, 3.63) is 34.7 Å². The normalized spacial score (nSPS) is 17.2. The lowest BCUT2D eigenvalue weighted by atomic mass is 9.98.